The second-order valence-corrected chi connectivity index (χ2v) is 7.25. The Morgan fingerprint density at radius 1 is 1.14 bits per heavy atom. The van der Waals surface area contributed by atoms with Crippen LogP contribution in [0.4, 0.5) is 15.8 Å². The summed E-state index contributed by atoms with van der Waals surface area (Å²) in [7, 11) is -3.90. The molecule has 2 rings (SSSR count). The maximum Gasteiger partial charge on any atom is 0.262 e. The van der Waals surface area contributed by atoms with Gasteiger partial charge in [0.1, 0.15) is 5.82 Å². The monoisotopic (exact) mass is 372 g/mol. The van der Waals surface area contributed by atoms with E-state index in [0.29, 0.717) is 21.3 Å². The topological polar surface area (TPSA) is 72.2 Å². The van der Waals surface area contributed by atoms with Crippen LogP contribution in [0.1, 0.15) is 11.1 Å². The molecule has 0 aliphatic heterocycles. The lowest BCUT2D eigenvalue weighted by Crippen LogP contribution is -2.16. The fourth-order valence-electron chi connectivity index (χ4n) is 2.18. The smallest absolute Gasteiger partial charge is 0.262 e. The van der Waals surface area contributed by atoms with E-state index in [2.05, 4.69) is 20.7 Å². The number of sulfonamides is 1. The van der Waals surface area contributed by atoms with Crippen LogP contribution in [0, 0.1) is 19.7 Å². The Bertz CT molecular complexity index is 784. The molecule has 7 heteroatoms. The van der Waals surface area contributed by atoms with Gasteiger partial charge in [-0.2, -0.15) is 0 Å². The van der Waals surface area contributed by atoms with Gasteiger partial charge in [-0.1, -0.05) is 15.9 Å². The first kappa shape index (κ1) is 15.8. The second-order valence-electron chi connectivity index (χ2n) is 4.71. The highest BCUT2D eigenvalue weighted by molar-refractivity contribution is 9.10. The number of nitrogens with two attached hydrogens (primary N) is 1. The maximum absolute atomic E-state index is 13.7. The van der Waals surface area contributed by atoms with Crippen LogP contribution in [0.2, 0.25) is 0 Å². The predicted molar refractivity (Wildman–Crippen MR) is 85.2 cm³/mol. The Labute approximate surface area is 131 Å². The zero-order valence-electron chi connectivity index (χ0n) is 11.4. The minimum atomic E-state index is -3.90. The minimum Gasteiger partial charge on any atom is -0.399 e. The molecule has 3 N–H and O–H groups in total. The number of benzene rings is 2. The molecule has 0 heterocycles. The van der Waals surface area contributed by atoms with Crippen LogP contribution in [-0.4, -0.2) is 8.42 Å². The third-order valence-electron chi connectivity index (χ3n) is 2.92. The molecule has 0 saturated carbocycles. The lowest BCUT2D eigenvalue weighted by Gasteiger charge is -2.14. The van der Waals surface area contributed by atoms with Crippen molar-refractivity contribution < 1.29 is 12.8 Å². The lowest BCUT2D eigenvalue weighted by molar-refractivity contribution is 0.597. The lowest BCUT2D eigenvalue weighted by atomic mass is 10.1. The normalized spacial score (nSPS) is 11.4. The van der Waals surface area contributed by atoms with Crippen molar-refractivity contribution in [2.24, 2.45) is 0 Å². The Morgan fingerprint density at radius 3 is 2.29 bits per heavy atom. The Morgan fingerprint density at radius 2 is 1.71 bits per heavy atom. The van der Waals surface area contributed by atoms with Crippen molar-refractivity contribution in [3.05, 3.63) is 51.7 Å². The SMILES string of the molecule is Cc1cc(N)cc(C)c1S(=O)(=O)Nc1cc(Br)ccc1F. The highest BCUT2D eigenvalue weighted by Gasteiger charge is 2.21. The van der Waals surface area contributed by atoms with Gasteiger partial charge in [-0.25, -0.2) is 12.8 Å². The average molecular weight is 373 g/mol. The van der Waals surface area contributed by atoms with Crippen LogP contribution in [-0.2, 0) is 10.0 Å². The summed E-state index contributed by atoms with van der Waals surface area (Å²) in [5.41, 5.74) is 7.08. The number of anilines is 2. The number of halogens is 2. The molecule has 2 aromatic carbocycles. The van der Waals surface area contributed by atoms with Crippen LogP contribution in [0.3, 0.4) is 0 Å². The van der Waals surface area contributed by atoms with Gasteiger partial charge < -0.3 is 5.73 Å². The minimum absolute atomic E-state index is 0.107. The van der Waals surface area contributed by atoms with Crippen molar-refractivity contribution in [1.82, 2.24) is 0 Å². The first-order chi connectivity index (χ1) is 9.70. The quantitative estimate of drug-likeness (QED) is 0.808. The first-order valence-electron chi connectivity index (χ1n) is 6.05. The molecule has 4 nitrogen and oxygen atoms in total. The van der Waals surface area contributed by atoms with E-state index in [1.165, 1.54) is 18.2 Å². The van der Waals surface area contributed by atoms with Crippen molar-refractivity contribution in [3.63, 3.8) is 0 Å². The van der Waals surface area contributed by atoms with Crippen LogP contribution in [0.5, 0.6) is 0 Å². The van der Waals surface area contributed by atoms with Crippen molar-refractivity contribution in [3.8, 4) is 0 Å². The second kappa shape index (κ2) is 5.65. The van der Waals surface area contributed by atoms with Gasteiger partial charge in [0.15, 0.2) is 0 Å². The summed E-state index contributed by atoms with van der Waals surface area (Å²) in [6.07, 6.45) is 0. The van der Waals surface area contributed by atoms with Gasteiger partial charge in [-0.15, -0.1) is 0 Å². The van der Waals surface area contributed by atoms with E-state index in [1.807, 2.05) is 0 Å². The molecule has 0 fully saturated rings. The van der Waals surface area contributed by atoms with Crippen LogP contribution in [0.25, 0.3) is 0 Å². The number of aryl methyl sites for hydroxylation is 2. The molecule has 0 unspecified atom stereocenters. The van der Waals surface area contributed by atoms with Crippen molar-refractivity contribution in [1.29, 1.82) is 0 Å². The standard InChI is InChI=1S/C14H14BrFN2O2S/c1-8-5-11(17)6-9(2)14(8)21(19,20)18-13-7-10(15)3-4-12(13)16/h3-7,18H,17H2,1-2H3. The van der Waals surface area contributed by atoms with Crippen LogP contribution in [0.15, 0.2) is 39.7 Å². The molecule has 0 aliphatic carbocycles. The number of rotatable bonds is 3. The van der Waals surface area contributed by atoms with Gasteiger partial charge in [0, 0.05) is 10.2 Å². The predicted octanol–water partition coefficient (Wildman–Crippen LogP) is 3.59. The Balaban J connectivity index is 2.51. The fourth-order valence-corrected chi connectivity index (χ4v) is 4.05. The molecule has 112 valence electrons. The van der Waals surface area contributed by atoms with Gasteiger partial charge in [-0.3, -0.25) is 4.72 Å². The van der Waals surface area contributed by atoms with Crippen molar-refractivity contribution >= 4 is 37.3 Å². The van der Waals surface area contributed by atoms with E-state index in [1.54, 1.807) is 26.0 Å². The molecule has 0 bridgehead atoms. The molecule has 21 heavy (non-hydrogen) atoms. The third kappa shape index (κ3) is 3.36. The highest BCUT2D eigenvalue weighted by atomic mass is 79.9. The van der Waals surface area contributed by atoms with Crippen LogP contribution < -0.4 is 10.5 Å². The largest absolute Gasteiger partial charge is 0.399 e. The van der Waals surface area contributed by atoms with Gasteiger partial charge in [-0.05, 0) is 55.3 Å². The van der Waals surface area contributed by atoms with Gasteiger partial charge in [0.2, 0.25) is 0 Å². The van der Waals surface area contributed by atoms with Crippen LogP contribution >= 0.6 is 15.9 Å². The van der Waals surface area contributed by atoms with Crippen molar-refractivity contribution in [2.75, 3.05) is 10.5 Å². The number of nitrogen functional groups attached to an aromatic ring is 1. The summed E-state index contributed by atoms with van der Waals surface area (Å²) in [6.45, 7) is 3.30. The summed E-state index contributed by atoms with van der Waals surface area (Å²) in [5, 5.41) is 0. The summed E-state index contributed by atoms with van der Waals surface area (Å²) >= 11 is 3.18. The van der Waals surface area contributed by atoms with E-state index in [0.717, 1.165) is 0 Å². The molecule has 0 aromatic heterocycles. The number of nitrogens with one attached hydrogen (secondary N) is 1. The highest BCUT2D eigenvalue weighted by Crippen LogP contribution is 2.27. The van der Waals surface area contributed by atoms with E-state index < -0.39 is 15.8 Å². The van der Waals surface area contributed by atoms with E-state index >= 15 is 0 Å². The van der Waals surface area contributed by atoms with E-state index in [9.17, 15) is 12.8 Å². The zero-order chi connectivity index (χ0) is 15.8. The Kier molecular flexibility index (Phi) is 4.25. The zero-order valence-corrected chi connectivity index (χ0v) is 13.8. The summed E-state index contributed by atoms with van der Waals surface area (Å²) < 4.78 is 41.5. The molecular formula is C14H14BrFN2O2S. The molecule has 0 radical (unpaired) electrons. The third-order valence-corrected chi connectivity index (χ3v) is 5.09. The number of hydrogen-bond acceptors (Lipinski definition) is 3. The van der Waals surface area contributed by atoms with Gasteiger partial charge in [0.25, 0.3) is 10.0 Å². The summed E-state index contributed by atoms with van der Waals surface area (Å²) in [5.74, 6) is -0.646. The first-order valence-corrected chi connectivity index (χ1v) is 8.33. The molecule has 0 spiro atoms. The van der Waals surface area contributed by atoms with Crippen molar-refractivity contribution in [2.45, 2.75) is 18.7 Å². The molecule has 2 aromatic rings. The van der Waals surface area contributed by atoms with E-state index in [-0.39, 0.29) is 10.6 Å². The van der Waals surface area contributed by atoms with Gasteiger partial charge >= 0.3 is 0 Å². The molecular weight excluding hydrogens is 359 g/mol. The number of hydrogen-bond donors (Lipinski definition) is 2. The fraction of sp³-hybridized carbons (Fsp3) is 0.143. The summed E-state index contributed by atoms with van der Waals surface area (Å²) in [4.78, 5) is 0.107. The maximum atomic E-state index is 13.7. The molecule has 0 amide bonds. The molecule has 0 atom stereocenters. The Hall–Kier alpha value is -1.60. The summed E-state index contributed by atoms with van der Waals surface area (Å²) in [6, 6.07) is 7.18. The average Bonchev–Trinajstić information content (AvgIpc) is 2.31. The van der Waals surface area contributed by atoms with E-state index in [4.69, 9.17) is 5.73 Å². The molecule has 0 aliphatic rings. The van der Waals surface area contributed by atoms with Gasteiger partial charge in [0.05, 0.1) is 10.6 Å². The molecule has 0 saturated heterocycles.